The van der Waals surface area contributed by atoms with Gasteiger partial charge in [0.1, 0.15) is 6.04 Å². The Balaban J connectivity index is 2.55. The highest BCUT2D eigenvalue weighted by molar-refractivity contribution is 5.78. The third-order valence-electron chi connectivity index (χ3n) is 1.96. The second kappa shape index (κ2) is 5.78. The summed E-state index contributed by atoms with van der Waals surface area (Å²) >= 11 is 0. The Labute approximate surface area is 88.7 Å². The third kappa shape index (κ3) is 3.79. The minimum Gasteiger partial charge on any atom is -0.339 e. The number of rotatable bonds is 4. The van der Waals surface area contributed by atoms with E-state index < -0.39 is 6.04 Å². The summed E-state index contributed by atoms with van der Waals surface area (Å²) in [5, 5.41) is 11.4. The number of hydrogen-bond acceptors (Lipinski definition) is 3. The second-order valence-electron chi connectivity index (χ2n) is 3.14. The van der Waals surface area contributed by atoms with E-state index in [1.165, 1.54) is 0 Å². The topological polar surface area (TPSA) is 78.9 Å². The van der Waals surface area contributed by atoms with E-state index in [9.17, 15) is 4.79 Å². The molecule has 1 atom stereocenters. The molecule has 0 saturated carbocycles. The molecule has 0 spiro atoms. The molecule has 0 heterocycles. The van der Waals surface area contributed by atoms with Crippen LogP contribution in [0.1, 0.15) is 5.56 Å². The average Bonchev–Trinajstić information content (AvgIpc) is 2.29. The Bertz CT molecular complexity index is 356. The van der Waals surface area contributed by atoms with Crippen LogP contribution in [-0.4, -0.2) is 18.5 Å². The predicted molar refractivity (Wildman–Crippen MR) is 56.7 cm³/mol. The molecule has 4 heteroatoms. The Morgan fingerprint density at radius 1 is 1.47 bits per heavy atom. The summed E-state index contributed by atoms with van der Waals surface area (Å²) in [5.41, 5.74) is 6.16. The quantitative estimate of drug-likeness (QED) is 0.733. The molecule has 1 aromatic rings. The molecule has 0 saturated heterocycles. The van der Waals surface area contributed by atoms with Gasteiger partial charge in [-0.1, -0.05) is 30.3 Å². The fraction of sp³-hybridized carbons (Fsp3) is 0.273. The van der Waals surface area contributed by atoms with E-state index in [0.29, 0.717) is 6.42 Å². The minimum atomic E-state index is -0.511. The number of amides is 1. The van der Waals surface area contributed by atoms with Crippen LogP contribution in [0.15, 0.2) is 30.3 Å². The number of nitrogens with one attached hydrogen (secondary N) is 1. The van der Waals surface area contributed by atoms with Gasteiger partial charge < -0.3 is 11.1 Å². The summed E-state index contributed by atoms with van der Waals surface area (Å²) in [5.74, 6) is -0.308. The Hall–Kier alpha value is -1.86. The zero-order valence-electron chi connectivity index (χ0n) is 8.31. The lowest BCUT2D eigenvalue weighted by Crippen LogP contribution is -2.39. The monoisotopic (exact) mass is 203 g/mol. The summed E-state index contributed by atoms with van der Waals surface area (Å²) in [6, 6.07) is 11.0. The van der Waals surface area contributed by atoms with Crippen LogP contribution in [0, 0.1) is 11.3 Å². The lowest BCUT2D eigenvalue weighted by molar-refractivity contribution is -0.120. The van der Waals surface area contributed by atoms with Crippen LogP contribution in [0.4, 0.5) is 0 Å². The second-order valence-corrected chi connectivity index (χ2v) is 3.14. The van der Waals surface area contributed by atoms with Crippen LogP contribution in [0.2, 0.25) is 0 Å². The van der Waals surface area contributed by atoms with Crippen molar-refractivity contribution in [3.63, 3.8) is 0 Å². The lowest BCUT2D eigenvalue weighted by atomic mass is 10.1. The summed E-state index contributed by atoms with van der Waals surface area (Å²) in [6.07, 6.45) is 0.503. The lowest BCUT2D eigenvalue weighted by Gasteiger charge is -2.10. The zero-order valence-corrected chi connectivity index (χ0v) is 8.31. The number of benzene rings is 1. The fourth-order valence-corrected chi connectivity index (χ4v) is 1.23. The van der Waals surface area contributed by atoms with Gasteiger partial charge in [0.05, 0.1) is 12.6 Å². The Morgan fingerprint density at radius 2 is 2.13 bits per heavy atom. The van der Waals surface area contributed by atoms with Gasteiger partial charge in [0.15, 0.2) is 0 Å². The van der Waals surface area contributed by atoms with Crippen molar-refractivity contribution in [2.45, 2.75) is 12.5 Å². The first-order chi connectivity index (χ1) is 7.26. The molecule has 0 radical (unpaired) electrons. The fourth-order valence-electron chi connectivity index (χ4n) is 1.23. The molecule has 0 aliphatic carbocycles. The molecule has 0 fully saturated rings. The first-order valence-electron chi connectivity index (χ1n) is 4.69. The van der Waals surface area contributed by atoms with E-state index in [0.717, 1.165) is 5.56 Å². The molecule has 15 heavy (non-hydrogen) atoms. The highest BCUT2D eigenvalue weighted by atomic mass is 16.1. The molecule has 0 unspecified atom stereocenters. The van der Waals surface area contributed by atoms with E-state index >= 15 is 0 Å². The van der Waals surface area contributed by atoms with Gasteiger partial charge in [0.25, 0.3) is 0 Å². The van der Waals surface area contributed by atoms with Crippen molar-refractivity contribution >= 4 is 5.91 Å². The van der Waals surface area contributed by atoms with E-state index in [-0.39, 0.29) is 12.5 Å². The standard InChI is InChI=1S/C11H13N3O/c12-7-10(14-11(15)8-13)6-9-4-2-1-3-5-9/h1-5,10H,6,8,13H2,(H,14,15)/t10-/m0/s1. The van der Waals surface area contributed by atoms with Crippen LogP contribution < -0.4 is 11.1 Å². The van der Waals surface area contributed by atoms with Crippen molar-refractivity contribution in [1.82, 2.24) is 5.32 Å². The highest BCUT2D eigenvalue weighted by Gasteiger charge is 2.10. The van der Waals surface area contributed by atoms with Gasteiger partial charge in [-0.15, -0.1) is 0 Å². The SMILES string of the molecule is N#C[C@H](Cc1ccccc1)NC(=O)CN. The van der Waals surface area contributed by atoms with Gasteiger partial charge in [-0.05, 0) is 5.56 Å². The van der Waals surface area contributed by atoms with Crippen LogP contribution in [0.3, 0.4) is 0 Å². The van der Waals surface area contributed by atoms with Gasteiger partial charge in [0, 0.05) is 6.42 Å². The Kier molecular flexibility index (Phi) is 4.32. The van der Waals surface area contributed by atoms with E-state index in [1.54, 1.807) is 0 Å². The normalized spacial score (nSPS) is 11.5. The van der Waals surface area contributed by atoms with Gasteiger partial charge in [-0.25, -0.2) is 0 Å². The Morgan fingerprint density at radius 3 is 2.67 bits per heavy atom. The smallest absolute Gasteiger partial charge is 0.234 e. The number of nitriles is 1. The van der Waals surface area contributed by atoms with Gasteiger partial charge in [-0.3, -0.25) is 4.79 Å². The molecule has 1 rings (SSSR count). The van der Waals surface area contributed by atoms with Crippen molar-refractivity contribution < 1.29 is 4.79 Å². The molecule has 0 bridgehead atoms. The average molecular weight is 203 g/mol. The van der Waals surface area contributed by atoms with Gasteiger partial charge in [-0.2, -0.15) is 5.26 Å². The van der Waals surface area contributed by atoms with Gasteiger partial charge >= 0.3 is 0 Å². The number of carbonyl (C=O) groups is 1. The predicted octanol–water partition coefficient (Wildman–Crippen LogP) is 0.196. The molecular formula is C11H13N3O. The van der Waals surface area contributed by atoms with Crippen LogP contribution in [0.5, 0.6) is 0 Å². The van der Waals surface area contributed by atoms with E-state index in [4.69, 9.17) is 11.0 Å². The zero-order chi connectivity index (χ0) is 11.1. The first kappa shape index (κ1) is 11.2. The van der Waals surface area contributed by atoms with E-state index in [2.05, 4.69) is 5.32 Å². The van der Waals surface area contributed by atoms with Crippen molar-refractivity contribution in [2.75, 3.05) is 6.54 Å². The van der Waals surface area contributed by atoms with Crippen molar-refractivity contribution in [3.8, 4) is 6.07 Å². The minimum absolute atomic E-state index is 0.0903. The van der Waals surface area contributed by atoms with Gasteiger partial charge in [0.2, 0.25) is 5.91 Å². The molecule has 78 valence electrons. The molecule has 0 aromatic heterocycles. The third-order valence-corrected chi connectivity index (χ3v) is 1.96. The number of hydrogen-bond donors (Lipinski definition) is 2. The number of carbonyl (C=O) groups excluding carboxylic acids is 1. The molecular weight excluding hydrogens is 190 g/mol. The number of nitrogens with zero attached hydrogens (tertiary/aromatic N) is 1. The molecule has 0 aliphatic rings. The highest BCUT2D eigenvalue weighted by Crippen LogP contribution is 2.02. The largest absolute Gasteiger partial charge is 0.339 e. The molecule has 4 nitrogen and oxygen atoms in total. The van der Waals surface area contributed by atoms with E-state index in [1.807, 2.05) is 36.4 Å². The van der Waals surface area contributed by atoms with Crippen LogP contribution in [0.25, 0.3) is 0 Å². The van der Waals surface area contributed by atoms with Crippen LogP contribution >= 0.6 is 0 Å². The molecule has 3 N–H and O–H groups in total. The molecule has 1 amide bonds. The van der Waals surface area contributed by atoms with Crippen LogP contribution in [-0.2, 0) is 11.2 Å². The maximum Gasteiger partial charge on any atom is 0.234 e. The first-order valence-corrected chi connectivity index (χ1v) is 4.69. The van der Waals surface area contributed by atoms with Crippen molar-refractivity contribution in [3.05, 3.63) is 35.9 Å². The maximum atomic E-state index is 11.0. The number of nitrogens with two attached hydrogens (primary N) is 1. The summed E-state index contributed by atoms with van der Waals surface area (Å²) in [7, 11) is 0. The molecule has 1 aromatic carbocycles. The summed E-state index contributed by atoms with van der Waals surface area (Å²) < 4.78 is 0. The van der Waals surface area contributed by atoms with Crippen molar-refractivity contribution in [2.24, 2.45) is 5.73 Å². The maximum absolute atomic E-state index is 11.0. The molecule has 0 aliphatic heterocycles. The summed E-state index contributed by atoms with van der Waals surface area (Å²) in [6.45, 7) is -0.0903. The van der Waals surface area contributed by atoms with Crippen molar-refractivity contribution in [1.29, 1.82) is 5.26 Å². The summed E-state index contributed by atoms with van der Waals surface area (Å²) in [4.78, 5) is 11.0.